The molecule has 2 unspecified atom stereocenters. The van der Waals surface area contributed by atoms with Crippen molar-refractivity contribution in [2.75, 3.05) is 26.3 Å². The fourth-order valence-electron chi connectivity index (χ4n) is 2.33. The van der Waals surface area contributed by atoms with Crippen molar-refractivity contribution in [3.8, 4) is 0 Å². The molecular weight excluding hydrogens is 238 g/mol. The lowest BCUT2D eigenvalue weighted by Crippen LogP contribution is -2.71. The number of sulfone groups is 1. The summed E-state index contributed by atoms with van der Waals surface area (Å²) in [6.07, 6.45) is 0. The molecule has 2 fully saturated rings. The van der Waals surface area contributed by atoms with Gasteiger partial charge in [0.2, 0.25) is 0 Å². The highest BCUT2D eigenvalue weighted by Crippen LogP contribution is 2.45. The van der Waals surface area contributed by atoms with E-state index in [-0.39, 0.29) is 6.04 Å². The highest BCUT2D eigenvalue weighted by atomic mass is 35.5. The molecule has 2 atom stereocenters. The van der Waals surface area contributed by atoms with E-state index in [0.717, 1.165) is 13.1 Å². The van der Waals surface area contributed by atoms with Gasteiger partial charge in [-0.25, -0.2) is 8.42 Å². The molecule has 4 nitrogen and oxygen atoms in total. The van der Waals surface area contributed by atoms with Crippen LogP contribution >= 0.6 is 11.6 Å². The second-order valence-corrected chi connectivity index (χ2v) is 7.97. The van der Waals surface area contributed by atoms with Gasteiger partial charge in [-0.05, 0) is 13.8 Å². The summed E-state index contributed by atoms with van der Waals surface area (Å²) in [6.45, 7) is 6.37. The highest BCUT2D eigenvalue weighted by Gasteiger charge is 2.63. The smallest absolute Gasteiger partial charge is 0.175 e. The van der Waals surface area contributed by atoms with Crippen LogP contribution in [-0.4, -0.2) is 55.1 Å². The van der Waals surface area contributed by atoms with Gasteiger partial charge in [0.25, 0.3) is 0 Å². The van der Waals surface area contributed by atoms with Crippen molar-refractivity contribution in [3.05, 3.63) is 0 Å². The molecule has 0 aromatic carbocycles. The van der Waals surface area contributed by atoms with Crippen LogP contribution in [0.5, 0.6) is 0 Å². The third-order valence-corrected chi connectivity index (χ3v) is 6.93. The van der Waals surface area contributed by atoms with Gasteiger partial charge in [-0.1, -0.05) is 0 Å². The molecule has 2 aliphatic rings. The summed E-state index contributed by atoms with van der Waals surface area (Å²) in [5.74, 6) is 0. The Kier molecular flexibility index (Phi) is 2.78. The summed E-state index contributed by atoms with van der Waals surface area (Å²) in [4.78, 5) is 2.13. The maximum atomic E-state index is 11.7. The second kappa shape index (κ2) is 3.58. The maximum Gasteiger partial charge on any atom is 0.175 e. The summed E-state index contributed by atoms with van der Waals surface area (Å²) < 4.78 is 27.2. The monoisotopic (exact) mass is 253 g/mol. The zero-order valence-corrected chi connectivity index (χ0v) is 10.5. The molecule has 0 aromatic rings. The predicted octanol–water partition coefficient (Wildman–Crippen LogP) is 0.459. The molecule has 0 N–H and O–H groups in total. The Balaban J connectivity index is 2.17. The normalized spacial score (nSPS) is 39.7. The van der Waals surface area contributed by atoms with Gasteiger partial charge in [0.1, 0.15) is 0 Å². The Morgan fingerprint density at radius 3 is 2.33 bits per heavy atom. The largest absolute Gasteiger partial charge is 0.379 e. The van der Waals surface area contributed by atoms with Crippen LogP contribution < -0.4 is 0 Å². The maximum absolute atomic E-state index is 11.7. The Hall–Kier alpha value is 0.160. The average Bonchev–Trinajstić information content (AvgIpc) is 2.19. The molecule has 0 amide bonds. The summed E-state index contributed by atoms with van der Waals surface area (Å²) in [6, 6.07) is -0.0759. The molecule has 0 aliphatic carbocycles. The van der Waals surface area contributed by atoms with Gasteiger partial charge in [0, 0.05) is 13.1 Å². The van der Waals surface area contributed by atoms with Crippen LogP contribution in [0.2, 0.25) is 0 Å². The van der Waals surface area contributed by atoms with Crippen LogP contribution in [0.15, 0.2) is 0 Å². The molecular formula is C9H16ClNO3S. The van der Waals surface area contributed by atoms with E-state index in [2.05, 4.69) is 4.90 Å². The minimum Gasteiger partial charge on any atom is -0.379 e. The third-order valence-electron chi connectivity index (χ3n) is 3.43. The molecule has 2 aliphatic heterocycles. The van der Waals surface area contributed by atoms with Crippen molar-refractivity contribution >= 4 is 21.4 Å². The fourth-order valence-corrected chi connectivity index (χ4v) is 5.40. The number of alkyl halides is 1. The SMILES string of the molecule is CC1(C)C(N2CCOCC2)C(Cl)S1(=O)=O. The first kappa shape index (κ1) is 11.6. The molecule has 2 saturated heterocycles. The lowest BCUT2D eigenvalue weighted by atomic mass is 10.0. The predicted molar refractivity (Wildman–Crippen MR) is 58.8 cm³/mol. The molecule has 0 aromatic heterocycles. The number of morpholine rings is 1. The third kappa shape index (κ3) is 1.52. The second-order valence-electron chi connectivity index (χ2n) is 4.59. The molecule has 0 saturated carbocycles. The molecule has 0 bridgehead atoms. The van der Waals surface area contributed by atoms with Crippen LogP contribution in [0.4, 0.5) is 0 Å². The van der Waals surface area contributed by atoms with E-state index in [1.54, 1.807) is 13.8 Å². The Labute approximate surface area is 95.4 Å². The molecule has 2 rings (SSSR count). The molecule has 88 valence electrons. The topological polar surface area (TPSA) is 46.6 Å². The van der Waals surface area contributed by atoms with Crippen LogP contribution in [0.3, 0.4) is 0 Å². The first-order valence-electron chi connectivity index (χ1n) is 5.08. The molecule has 0 spiro atoms. The lowest BCUT2D eigenvalue weighted by molar-refractivity contribution is 0.00687. The quantitative estimate of drug-likeness (QED) is 0.637. The van der Waals surface area contributed by atoms with E-state index in [1.807, 2.05) is 0 Å². The van der Waals surface area contributed by atoms with Crippen molar-refractivity contribution in [3.63, 3.8) is 0 Å². The number of nitrogens with zero attached hydrogens (tertiary/aromatic N) is 1. The first-order chi connectivity index (χ1) is 6.89. The van der Waals surface area contributed by atoms with Crippen molar-refractivity contribution in [1.29, 1.82) is 0 Å². The zero-order valence-electron chi connectivity index (χ0n) is 8.94. The van der Waals surface area contributed by atoms with E-state index in [1.165, 1.54) is 0 Å². The number of ether oxygens (including phenoxy) is 1. The molecule has 0 radical (unpaired) electrons. The lowest BCUT2D eigenvalue weighted by Gasteiger charge is -2.53. The van der Waals surface area contributed by atoms with Crippen LogP contribution in [0.25, 0.3) is 0 Å². The van der Waals surface area contributed by atoms with Crippen LogP contribution in [0.1, 0.15) is 13.8 Å². The summed E-state index contributed by atoms with van der Waals surface area (Å²) in [7, 11) is -3.15. The number of rotatable bonds is 1. The Bertz CT molecular complexity index is 348. The van der Waals surface area contributed by atoms with Crippen molar-refractivity contribution in [2.24, 2.45) is 0 Å². The van der Waals surface area contributed by atoms with Gasteiger partial charge < -0.3 is 4.74 Å². The van der Waals surface area contributed by atoms with Gasteiger partial charge in [-0.15, -0.1) is 11.6 Å². The van der Waals surface area contributed by atoms with E-state index in [0.29, 0.717) is 13.2 Å². The van der Waals surface area contributed by atoms with E-state index >= 15 is 0 Å². The van der Waals surface area contributed by atoms with Gasteiger partial charge in [0.15, 0.2) is 14.5 Å². The van der Waals surface area contributed by atoms with Gasteiger partial charge in [0.05, 0.1) is 24.0 Å². The van der Waals surface area contributed by atoms with E-state index in [4.69, 9.17) is 16.3 Å². The first-order valence-corrected chi connectivity index (χ1v) is 7.06. The van der Waals surface area contributed by atoms with Crippen molar-refractivity contribution in [2.45, 2.75) is 29.3 Å². The van der Waals surface area contributed by atoms with Crippen molar-refractivity contribution in [1.82, 2.24) is 4.90 Å². The minimum atomic E-state index is -3.15. The van der Waals surface area contributed by atoms with Gasteiger partial charge in [-0.2, -0.15) is 0 Å². The van der Waals surface area contributed by atoms with Crippen LogP contribution in [-0.2, 0) is 14.6 Å². The average molecular weight is 254 g/mol. The Morgan fingerprint density at radius 2 is 1.87 bits per heavy atom. The standard InChI is InChI=1S/C9H16ClNO3S/c1-9(2)7(8(10)15(9,12)13)11-3-5-14-6-4-11/h7-8H,3-6H2,1-2H3. The van der Waals surface area contributed by atoms with Crippen molar-refractivity contribution < 1.29 is 13.2 Å². The summed E-state index contributed by atoms with van der Waals surface area (Å²) >= 11 is 5.95. The van der Waals surface area contributed by atoms with Gasteiger partial charge >= 0.3 is 0 Å². The zero-order chi connectivity index (χ0) is 11.3. The molecule has 15 heavy (non-hydrogen) atoms. The summed E-state index contributed by atoms with van der Waals surface area (Å²) in [5, 5.41) is 0. The molecule has 2 heterocycles. The highest BCUT2D eigenvalue weighted by molar-refractivity contribution is 7.96. The number of halogens is 1. The number of hydrogen-bond acceptors (Lipinski definition) is 4. The van der Waals surface area contributed by atoms with Gasteiger partial charge in [-0.3, -0.25) is 4.90 Å². The number of hydrogen-bond donors (Lipinski definition) is 0. The summed E-state index contributed by atoms with van der Waals surface area (Å²) in [5.41, 5.74) is 0. The Morgan fingerprint density at radius 1 is 1.33 bits per heavy atom. The van der Waals surface area contributed by atoms with E-state index < -0.39 is 19.3 Å². The minimum absolute atomic E-state index is 0.0759. The fraction of sp³-hybridized carbons (Fsp3) is 1.00. The van der Waals surface area contributed by atoms with E-state index in [9.17, 15) is 8.42 Å². The van der Waals surface area contributed by atoms with Crippen LogP contribution in [0, 0.1) is 0 Å². The molecule has 6 heteroatoms.